The molecule has 2 heterocycles. The lowest BCUT2D eigenvalue weighted by molar-refractivity contribution is -0.141. The number of aliphatic carboxylic acids is 1. The van der Waals surface area contributed by atoms with Gasteiger partial charge >= 0.3 is 5.97 Å². The summed E-state index contributed by atoms with van der Waals surface area (Å²) in [4.78, 5) is 24.6. The van der Waals surface area contributed by atoms with Gasteiger partial charge in [-0.2, -0.15) is 11.8 Å². The summed E-state index contributed by atoms with van der Waals surface area (Å²) in [5.74, 6) is 0.636. The van der Waals surface area contributed by atoms with Crippen LogP contribution < -0.4 is 0 Å². The van der Waals surface area contributed by atoms with E-state index in [1.165, 1.54) is 11.2 Å². The molecule has 1 atom stereocenters. The maximum atomic E-state index is 12.1. The summed E-state index contributed by atoms with van der Waals surface area (Å²) in [5, 5.41) is 9.08. The minimum Gasteiger partial charge on any atom is -0.480 e. The number of carboxylic acids is 1. The topological polar surface area (TPSA) is 70.8 Å². The van der Waals surface area contributed by atoms with Crippen LogP contribution in [0.2, 0.25) is 0 Å². The Kier molecular flexibility index (Phi) is 3.42. The summed E-state index contributed by atoms with van der Waals surface area (Å²) in [5.41, 5.74) is 0.417. The zero-order valence-corrected chi connectivity index (χ0v) is 10.2. The summed E-state index contributed by atoms with van der Waals surface area (Å²) in [6.07, 6.45) is 1.37. The fourth-order valence-electron chi connectivity index (χ4n) is 1.77. The largest absolute Gasteiger partial charge is 0.480 e. The first kappa shape index (κ1) is 12.0. The highest BCUT2D eigenvalue weighted by Crippen LogP contribution is 2.20. The molecule has 1 amide bonds. The van der Waals surface area contributed by atoms with Crippen molar-refractivity contribution in [3.05, 3.63) is 23.7 Å². The molecule has 1 aliphatic rings. The average Bonchev–Trinajstić information content (AvgIpc) is 2.75. The van der Waals surface area contributed by atoms with Gasteiger partial charge in [-0.1, -0.05) is 0 Å². The lowest BCUT2D eigenvalue weighted by atomic mass is 10.2. The number of carbonyl (C=O) groups excluding carboxylic acids is 1. The molecule has 1 aliphatic heterocycles. The Morgan fingerprint density at radius 2 is 2.35 bits per heavy atom. The molecular weight excluding hydrogens is 242 g/mol. The van der Waals surface area contributed by atoms with Gasteiger partial charge in [0.2, 0.25) is 0 Å². The highest BCUT2D eigenvalue weighted by Gasteiger charge is 2.33. The molecule has 1 aromatic rings. The van der Waals surface area contributed by atoms with Gasteiger partial charge in [0.25, 0.3) is 5.91 Å². The second-order valence-electron chi connectivity index (χ2n) is 3.87. The first-order chi connectivity index (χ1) is 8.09. The number of nitrogens with zero attached hydrogens (tertiary/aromatic N) is 1. The van der Waals surface area contributed by atoms with Crippen LogP contribution >= 0.6 is 11.8 Å². The molecule has 5 nitrogen and oxygen atoms in total. The Labute approximate surface area is 103 Å². The van der Waals surface area contributed by atoms with E-state index in [2.05, 4.69) is 0 Å². The number of hydrogen-bond acceptors (Lipinski definition) is 4. The Bertz CT molecular complexity index is 442. The minimum atomic E-state index is -0.953. The second-order valence-corrected chi connectivity index (χ2v) is 5.02. The molecule has 0 aliphatic carbocycles. The van der Waals surface area contributed by atoms with E-state index in [9.17, 15) is 9.59 Å². The van der Waals surface area contributed by atoms with E-state index in [1.54, 1.807) is 24.8 Å². The third kappa shape index (κ3) is 2.46. The molecule has 92 valence electrons. The van der Waals surface area contributed by atoms with Crippen LogP contribution in [0, 0.1) is 6.92 Å². The highest BCUT2D eigenvalue weighted by molar-refractivity contribution is 7.99. The van der Waals surface area contributed by atoms with E-state index in [0.717, 1.165) is 5.75 Å². The molecule has 1 saturated heterocycles. The molecule has 0 spiro atoms. The first-order valence-electron chi connectivity index (χ1n) is 5.26. The van der Waals surface area contributed by atoms with E-state index in [0.29, 0.717) is 23.6 Å². The summed E-state index contributed by atoms with van der Waals surface area (Å²) in [6, 6.07) is 0.889. The smallest absolute Gasteiger partial charge is 0.327 e. The van der Waals surface area contributed by atoms with Crippen molar-refractivity contribution in [1.29, 1.82) is 0 Å². The van der Waals surface area contributed by atoms with Gasteiger partial charge in [-0.15, -0.1) is 0 Å². The van der Waals surface area contributed by atoms with Crippen LogP contribution in [0.15, 0.2) is 16.7 Å². The molecule has 1 N–H and O–H groups in total. The van der Waals surface area contributed by atoms with Gasteiger partial charge in [0.15, 0.2) is 0 Å². The van der Waals surface area contributed by atoms with E-state index >= 15 is 0 Å². The standard InChI is InChI=1S/C11H13NO4S/c1-7-4-8(5-16-7)10(13)12-2-3-17-6-9(12)11(14)15/h4-5,9H,2-3,6H2,1H3,(H,14,15). The normalized spacial score (nSPS) is 20.3. The average molecular weight is 255 g/mol. The van der Waals surface area contributed by atoms with E-state index in [1.807, 2.05) is 0 Å². The second kappa shape index (κ2) is 4.83. The predicted octanol–water partition coefficient (Wildman–Crippen LogP) is 1.23. The van der Waals surface area contributed by atoms with Crippen LogP contribution in [0.1, 0.15) is 16.1 Å². The van der Waals surface area contributed by atoms with Crippen LogP contribution in [-0.4, -0.2) is 46.0 Å². The third-order valence-electron chi connectivity index (χ3n) is 2.65. The number of furan rings is 1. The van der Waals surface area contributed by atoms with E-state index < -0.39 is 12.0 Å². The molecule has 17 heavy (non-hydrogen) atoms. The molecule has 1 aromatic heterocycles. The number of carboxylic acid groups (broad SMARTS) is 1. The molecule has 0 bridgehead atoms. The van der Waals surface area contributed by atoms with Crippen molar-refractivity contribution in [2.45, 2.75) is 13.0 Å². The van der Waals surface area contributed by atoms with Gasteiger partial charge in [-0.25, -0.2) is 4.79 Å². The number of carbonyl (C=O) groups is 2. The summed E-state index contributed by atoms with van der Waals surface area (Å²) >= 11 is 1.55. The van der Waals surface area contributed by atoms with Crippen molar-refractivity contribution in [3.8, 4) is 0 Å². The quantitative estimate of drug-likeness (QED) is 0.860. The van der Waals surface area contributed by atoms with Gasteiger partial charge in [-0.3, -0.25) is 4.79 Å². The van der Waals surface area contributed by atoms with Gasteiger partial charge in [-0.05, 0) is 13.0 Å². The first-order valence-corrected chi connectivity index (χ1v) is 6.41. The SMILES string of the molecule is Cc1cc(C(=O)N2CCSCC2C(=O)O)co1. The number of thioether (sulfide) groups is 1. The van der Waals surface area contributed by atoms with Crippen LogP contribution in [0.25, 0.3) is 0 Å². The monoisotopic (exact) mass is 255 g/mol. The van der Waals surface area contributed by atoms with Crippen molar-refractivity contribution in [1.82, 2.24) is 4.90 Å². The van der Waals surface area contributed by atoms with Crippen molar-refractivity contribution >= 4 is 23.6 Å². The molecule has 0 radical (unpaired) electrons. The predicted molar refractivity (Wildman–Crippen MR) is 63.2 cm³/mol. The lowest BCUT2D eigenvalue weighted by Gasteiger charge is -2.32. The van der Waals surface area contributed by atoms with Crippen molar-refractivity contribution in [3.63, 3.8) is 0 Å². The molecular formula is C11H13NO4S. The molecule has 0 saturated carbocycles. The maximum Gasteiger partial charge on any atom is 0.327 e. The van der Waals surface area contributed by atoms with Gasteiger partial charge in [0.1, 0.15) is 18.1 Å². The van der Waals surface area contributed by atoms with Crippen molar-refractivity contribution in [2.75, 3.05) is 18.1 Å². The fourth-order valence-corrected chi connectivity index (χ4v) is 2.81. The van der Waals surface area contributed by atoms with E-state index in [4.69, 9.17) is 9.52 Å². The Morgan fingerprint density at radius 3 is 2.94 bits per heavy atom. The van der Waals surface area contributed by atoms with Gasteiger partial charge in [0.05, 0.1) is 5.56 Å². The summed E-state index contributed by atoms with van der Waals surface area (Å²) < 4.78 is 5.07. The molecule has 1 unspecified atom stereocenters. The maximum absolute atomic E-state index is 12.1. The Hall–Kier alpha value is -1.43. The number of amides is 1. The summed E-state index contributed by atoms with van der Waals surface area (Å²) in [6.45, 7) is 2.21. The van der Waals surface area contributed by atoms with Crippen molar-refractivity contribution < 1.29 is 19.1 Å². The molecule has 1 fully saturated rings. The Balaban J connectivity index is 2.19. The van der Waals surface area contributed by atoms with Gasteiger partial charge in [0, 0.05) is 18.1 Å². The van der Waals surface area contributed by atoms with Crippen LogP contribution in [0.4, 0.5) is 0 Å². The Morgan fingerprint density at radius 1 is 1.59 bits per heavy atom. The summed E-state index contributed by atoms with van der Waals surface area (Å²) in [7, 11) is 0. The minimum absolute atomic E-state index is 0.269. The number of rotatable bonds is 2. The zero-order valence-electron chi connectivity index (χ0n) is 9.38. The van der Waals surface area contributed by atoms with Crippen LogP contribution in [-0.2, 0) is 4.79 Å². The molecule has 2 rings (SSSR count). The van der Waals surface area contributed by atoms with Crippen LogP contribution in [0.5, 0.6) is 0 Å². The highest BCUT2D eigenvalue weighted by atomic mass is 32.2. The number of aryl methyl sites for hydroxylation is 1. The van der Waals surface area contributed by atoms with E-state index in [-0.39, 0.29) is 5.91 Å². The zero-order chi connectivity index (χ0) is 12.4. The fraction of sp³-hybridized carbons (Fsp3) is 0.455. The van der Waals surface area contributed by atoms with Crippen molar-refractivity contribution in [2.24, 2.45) is 0 Å². The third-order valence-corrected chi connectivity index (χ3v) is 3.67. The van der Waals surface area contributed by atoms with Crippen LogP contribution in [0.3, 0.4) is 0 Å². The molecule has 0 aromatic carbocycles. The van der Waals surface area contributed by atoms with Gasteiger partial charge < -0.3 is 14.4 Å². The molecule has 6 heteroatoms. The number of hydrogen-bond donors (Lipinski definition) is 1. The lowest BCUT2D eigenvalue weighted by Crippen LogP contribution is -2.50.